The number of benzene rings is 2. The molecule has 2 N–H and O–H groups in total. The summed E-state index contributed by atoms with van der Waals surface area (Å²) >= 11 is 7.33. The second-order valence-electron chi connectivity index (χ2n) is 7.34. The zero-order valence-corrected chi connectivity index (χ0v) is 19.0. The topological polar surface area (TPSA) is 86.5 Å². The van der Waals surface area contributed by atoms with Gasteiger partial charge in [-0.25, -0.2) is 9.78 Å². The number of anilines is 1. The van der Waals surface area contributed by atoms with Crippen LogP contribution >= 0.6 is 22.9 Å². The molecule has 0 amide bonds. The van der Waals surface area contributed by atoms with E-state index in [1.165, 1.54) is 11.3 Å². The summed E-state index contributed by atoms with van der Waals surface area (Å²) in [6, 6.07) is 14.2. The molecule has 0 spiro atoms. The summed E-state index contributed by atoms with van der Waals surface area (Å²) in [7, 11) is 0. The number of rotatable bonds is 7. The maximum absolute atomic E-state index is 12.1. The molecule has 1 aromatic heterocycles. The highest BCUT2D eigenvalue weighted by molar-refractivity contribution is 7.11. The van der Waals surface area contributed by atoms with Gasteiger partial charge in [0.25, 0.3) is 0 Å². The minimum absolute atomic E-state index is 0.0926. The Bertz CT molecular complexity index is 1170. The lowest BCUT2D eigenvalue weighted by atomic mass is 10.2. The number of halogens is 1. The Morgan fingerprint density at radius 1 is 1.22 bits per heavy atom. The molecule has 2 aromatic carbocycles. The minimum Gasteiger partial charge on any atom is -0.510 e. The van der Waals surface area contributed by atoms with Gasteiger partial charge in [-0.15, -0.1) is 11.3 Å². The number of nitrogens with zero attached hydrogens (tertiary/aromatic N) is 2. The number of unbranched alkanes of at least 4 members (excludes halogenated alkanes) is 1. The summed E-state index contributed by atoms with van der Waals surface area (Å²) in [5.74, 6) is -0.103. The Morgan fingerprint density at radius 2 is 1.94 bits per heavy atom. The molecule has 0 atom stereocenters. The third kappa shape index (κ3) is 4.54. The standard InChI is InChI=1S/C24H22ClN3O3S/c1-2-3-12-31-24(30)16-6-10-18(11-7-16)28-13-20(29)21(22(28)26)23-27-19(14-32-23)15-4-8-17(25)9-5-15/h4-11,14,26,29H,2-3,12-13H2,1H3. The van der Waals surface area contributed by atoms with E-state index < -0.39 is 0 Å². The molecule has 32 heavy (non-hydrogen) atoms. The monoisotopic (exact) mass is 467 g/mol. The molecule has 4 rings (SSSR count). The summed E-state index contributed by atoms with van der Waals surface area (Å²) in [5, 5.41) is 22.3. The van der Waals surface area contributed by atoms with Crippen LogP contribution in [0.15, 0.2) is 59.7 Å². The van der Waals surface area contributed by atoms with Crippen molar-refractivity contribution in [3.05, 3.63) is 75.3 Å². The largest absolute Gasteiger partial charge is 0.510 e. The Labute approximate surface area is 195 Å². The summed E-state index contributed by atoms with van der Waals surface area (Å²) < 4.78 is 5.23. The fourth-order valence-electron chi connectivity index (χ4n) is 3.34. The lowest BCUT2D eigenvalue weighted by Crippen LogP contribution is -2.26. The fourth-order valence-corrected chi connectivity index (χ4v) is 4.36. The van der Waals surface area contributed by atoms with Gasteiger partial charge >= 0.3 is 5.97 Å². The maximum Gasteiger partial charge on any atom is 0.338 e. The molecule has 0 radical (unpaired) electrons. The summed E-state index contributed by atoms with van der Waals surface area (Å²) in [6.45, 7) is 2.61. The van der Waals surface area contributed by atoms with Crippen molar-refractivity contribution in [1.82, 2.24) is 4.98 Å². The van der Waals surface area contributed by atoms with Crippen molar-refractivity contribution in [2.24, 2.45) is 0 Å². The van der Waals surface area contributed by atoms with Crippen LogP contribution in [0.25, 0.3) is 16.8 Å². The smallest absolute Gasteiger partial charge is 0.338 e. The number of thiazole rings is 1. The molecule has 8 heteroatoms. The second kappa shape index (κ2) is 9.54. The first-order valence-electron chi connectivity index (χ1n) is 10.3. The Hall–Kier alpha value is -3.16. The number of nitrogens with one attached hydrogen (secondary N) is 1. The van der Waals surface area contributed by atoms with E-state index in [4.69, 9.17) is 21.7 Å². The van der Waals surface area contributed by atoms with E-state index in [1.54, 1.807) is 41.3 Å². The zero-order valence-electron chi connectivity index (χ0n) is 17.5. The van der Waals surface area contributed by atoms with Crippen LogP contribution in [0.4, 0.5) is 5.69 Å². The van der Waals surface area contributed by atoms with E-state index in [-0.39, 0.29) is 24.1 Å². The number of esters is 1. The Balaban J connectivity index is 1.49. The second-order valence-corrected chi connectivity index (χ2v) is 8.63. The van der Waals surface area contributed by atoms with Crippen LogP contribution in [0.2, 0.25) is 5.02 Å². The number of amidine groups is 1. The molecule has 0 saturated carbocycles. The first-order chi connectivity index (χ1) is 15.5. The van der Waals surface area contributed by atoms with Gasteiger partial charge in [0.1, 0.15) is 16.6 Å². The van der Waals surface area contributed by atoms with Crippen molar-refractivity contribution in [3.63, 3.8) is 0 Å². The number of ether oxygens (including phenoxy) is 1. The molecule has 2 heterocycles. The Morgan fingerprint density at radius 3 is 2.62 bits per heavy atom. The van der Waals surface area contributed by atoms with Crippen LogP contribution in [-0.4, -0.2) is 35.0 Å². The molecular formula is C24H22ClN3O3S. The highest BCUT2D eigenvalue weighted by Gasteiger charge is 2.31. The highest BCUT2D eigenvalue weighted by atomic mass is 35.5. The van der Waals surface area contributed by atoms with Gasteiger partial charge in [0, 0.05) is 21.7 Å². The molecule has 6 nitrogen and oxygen atoms in total. The van der Waals surface area contributed by atoms with Crippen molar-refractivity contribution in [2.75, 3.05) is 18.1 Å². The van der Waals surface area contributed by atoms with Crippen molar-refractivity contribution >= 4 is 46.0 Å². The van der Waals surface area contributed by atoms with Crippen LogP contribution in [-0.2, 0) is 4.74 Å². The van der Waals surface area contributed by atoms with Gasteiger partial charge in [0.15, 0.2) is 0 Å². The summed E-state index contributed by atoms with van der Waals surface area (Å²) in [4.78, 5) is 18.4. The highest BCUT2D eigenvalue weighted by Crippen LogP contribution is 2.34. The number of aromatic nitrogens is 1. The van der Waals surface area contributed by atoms with Gasteiger partial charge in [-0.2, -0.15) is 0 Å². The average molecular weight is 468 g/mol. The van der Waals surface area contributed by atoms with Crippen molar-refractivity contribution in [3.8, 4) is 11.3 Å². The van der Waals surface area contributed by atoms with Gasteiger partial charge in [-0.3, -0.25) is 5.41 Å². The molecule has 0 unspecified atom stereocenters. The van der Waals surface area contributed by atoms with Crippen LogP contribution in [0.5, 0.6) is 0 Å². The minimum atomic E-state index is -0.360. The van der Waals surface area contributed by atoms with E-state index in [0.29, 0.717) is 33.5 Å². The molecule has 0 bridgehead atoms. The molecule has 3 aromatic rings. The van der Waals surface area contributed by atoms with Gasteiger partial charge in [-0.1, -0.05) is 37.1 Å². The van der Waals surface area contributed by atoms with Crippen LogP contribution < -0.4 is 4.90 Å². The first-order valence-corrected chi connectivity index (χ1v) is 11.5. The predicted octanol–water partition coefficient (Wildman–Crippen LogP) is 6.19. The molecule has 1 aliphatic heterocycles. The van der Waals surface area contributed by atoms with Crippen LogP contribution in [0, 0.1) is 5.41 Å². The van der Waals surface area contributed by atoms with Crippen LogP contribution in [0.3, 0.4) is 0 Å². The maximum atomic E-state index is 12.1. The molecule has 0 aliphatic carbocycles. The van der Waals surface area contributed by atoms with E-state index in [9.17, 15) is 9.90 Å². The van der Waals surface area contributed by atoms with E-state index >= 15 is 0 Å². The zero-order chi connectivity index (χ0) is 22.7. The normalized spacial score (nSPS) is 13.7. The van der Waals surface area contributed by atoms with Crippen LogP contribution in [0.1, 0.15) is 35.1 Å². The predicted molar refractivity (Wildman–Crippen MR) is 129 cm³/mol. The first kappa shape index (κ1) is 22.0. The van der Waals surface area contributed by atoms with Crippen molar-refractivity contribution in [2.45, 2.75) is 19.8 Å². The lowest BCUT2D eigenvalue weighted by Gasteiger charge is -2.18. The van der Waals surface area contributed by atoms with E-state index in [1.807, 2.05) is 24.4 Å². The number of carbonyl (C=O) groups excluding carboxylic acids is 1. The number of aliphatic hydroxyl groups is 1. The third-order valence-electron chi connectivity index (χ3n) is 5.11. The summed E-state index contributed by atoms with van der Waals surface area (Å²) in [6.07, 6.45) is 1.79. The quantitative estimate of drug-likeness (QED) is 0.319. The molecular weight excluding hydrogens is 446 g/mol. The van der Waals surface area contributed by atoms with E-state index in [2.05, 4.69) is 4.98 Å². The van der Waals surface area contributed by atoms with Crippen molar-refractivity contribution in [1.29, 1.82) is 5.41 Å². The molecule has 1 aliphatic rings. The Kier molecular flexibility index (Phi) is 6.58. The van der Waals surface area contributed by atoms with Gasteiger partial charge in [0.05, 0.1) is 30.0 Å². The van der Waals surface area contributed by atoms with Gasteiger partial charge in [-0.05, 0) is 42.8 Å². The molecule has 164 valence electrons. The lowest BCUT2D eigenvalue weighted by molar-refractivity contribution is 0.0500. The molecule has 0 fully saturated rings. The third-order valence-corrected chi connectivity index (χ3v) is 6.22. The number of hydrogen-bond acceptors (Lipinski definition) is 6. The molecule has 0 saturated heterocycles. The number of hydrogen-bond donors (Lipinski definition) is 2. The number of carbonyl (C=O) groups is 1. The SMILES string of the molecule is CCCCOC(=O)c1ccc(N2CC(O)=C(c3nc(-c4ccc(Cl)cc4)cs3)C2=N)cc1. The van der Waals surface area contributed by atoms with Gasteiger partial charge in [0.2, 0.25) is 0 Å². The fraction of sp³-hybridized carbons (Fsp3) is 0.208. The van der Waals surface area contributed by atoms with Gasteiger partial charge < -0.3 is 14.7 Å². The average Bonchev–Trinajstić information content (AvgIpc) is 3.38. The summed E-state index contributed by atoms with van der Waals surface area (Å²) in [5.41, 5.74) is 3.26. The van der Waals surface area contributed by atoms with Crippen molar-refractivity contribution < 1.29 is 14.6 Å². The van der Waals surface area contributed by atoms with E-state index in [0.717, 1.165) is 24.1 Å². The number of aliphatic hydroxyl groups excluding tert-OH is 1.